The van der Waals surface area contributed by atoms with Crippen molar-refractivity contribution < 1.29 is 9.53 Å². The Morgan fingerprint density at radius 1 is 1.11 bits per heavy atom. The molecule has 1 heterocycles. The van der Waals surface area contributed by atoms with Crippen LogP contribution < -0.4 is 0 Å². The standard InChI is InChI=1S/C24H38N2O2/c1-23(2,3)28-22(27)26-15-13-25(14-16-26)18-20-11-12-24(4,5)17-21(20)19-9-7-6-8-10-19/h6-10,20-21H,11-18H2,1-5H3. The maximum Gasteiger partial charge on any atom is 0.410 e. The predicted octanol–water partition coefficient (Wildman–Crippen LogP) is 5.15. The van der Waals surface area contributed by atoms with Crippen molar-refractivity contribution in [3.05, 3.63) is 35.9 Å². The van der Waals surface area contributed by atoms with Gasteiger partial charge in [-0.2, -0.15) is 0 Å². The SMILES string of the molecule is CC1(C)CCC(CN2CCN(C(=O)OC(C)(C)C)CC2)C(c2ccccc2)C1. The summed E-state index contributed by atoms with van der Waals surface area (Å²) >= 11 is 0. The lowest BCUT2D eigenvalue weighted by atomic mass is 9.65. The number of carbonyl (C=O) groups excluding carboxylic acids is 1. The van der Waals surface area contributed by atoms with E-state index >= 15 is 0 Å². The molecule has 2 unspecified atom stereocenters. The maximum atomic E-state index is 12.3. The lowest BCUT2D eigenvalue weighted by Crippen LogP contribution is -2.51. The molecule has 0 radical (unpaired) electrons. The van der Waals surface area contributed by atoms with E-state index in [-0.39, 0.29) is 6.09 Å². The molecule has 2 aliphatic rings. The van der Waals surface area contributed by atoms with Gasteiger partial charge in [0.05, 0.1) is 0 Å². The van der Waals surface area contributed by atoms with Crippen LogP contribution in [0.15, 0.2) is 30.3 Å². The van der Waals surface area contributed by atoms with Crippen molar-refractivity contribution in [1.29, 1.82) is 0 Å². The van der Waals surface area contributed by atoms with E-state index in [2.05, 4.69) is 49.1 Å². The van der Waals surface area contributed by atoms with Gasteiger partial charge in [-0.1, -0.05) is 44.2 Å². The lowest BCUT2D eigenvalue weighted by molar-refractivity contribution is 0.0113. The molecular formula is C24H38N2O2. The Bertz CT molecular complexity index is 642. The maximum absolute atomic E-state index is 12.3. The molecule has 0 bridgehead atoms. The van der Waals surface area contributed by atoms with Gasteiger partial charge < -0.3 is 9.64 Å². The normalized spacial score (nSPS) is 26.1. The highest BCUT2D eigenvalue weighted by molar-refractivity contribution is 5.68. The molecule has 1 saturated heterocycles. The molecule has 2 atom stereocenters. The molecule has 1 saturated carbocycles. The second-order valence-electron chi connectivity index (χ2n) is 10.5. The van der Waals surface area contributed by atoms with Crippen molar-refractivity contribution in [1.82, 2.24) is 9.80 Å². The molecule has 1 aliphatic heterocycles. The first-order chi connectivity index (χ1) is 13.1. The zero-order chi connectivity index (χ0) is 20.4. The van der Waals surface area contributed by atoms with Crippen LogP contribution in [0.25, 0.3) is 0 Å². The van der Waals surface area contributed by atoms with Crippen LogP contribution in [0.5, 0.6) is 0 Å². The molecule has 1 aromatic rings. The first-order valence-corrected chi connectivity index (χ1v) is 10.9. The minimum absolute atomic E-state index is 0.172. The van der Waals surface area contributed by atoms with Gasteiger partial charge in [-0.15, -0.1) is 0 Å². The molecular weight excluding hydrogens is 348 g/mol. The van der Waals surface area contributed by atoms with Gasteiger partial charge in [-0.25, -0.2) is 4.79 Å². The second-order valence-corrected chi connectivity index (χ2v) is 10.5. The summed E-state index contributed by atoms with van der Waals surface area (Å²) in [7, 11) is 0. The summed E-state index contributed by atoms with van der Waals surface area (Å²) in [6.45, 7) is 15.2. The van der Waals surface area contributed by atoms with Crippen LogP contribution in [-0.4, -0.2) is 54.2 Å². The number of nitrogens with zero attached hydrogens (tertiary/aromatic N) is 2. The summed E-state index contributed by atoms with van der Waals surface area (Å²) in [5.41, 5.74) is 1.49. The molecule has 28 heavy (non-hydrogen) atoms. The molecule has 4 nitrogen and oxygen atoms in total. The van der Waals surface area contributed by atoms with Crippen molar-refractivity contribution in [2.75, 3.05) is 32.7 Å². The highest BCUT2D eigenvalue weighted by Gasteiger charge is 2.37. The van der Waals surface area contributed by atoms with Crippen molar-refractivity contribution in [3.8, 4) is 0 Å². The van der Waals surface area contributed by atoms with Gasteiger partial charge in [-0.05, 0) is 62.8 Å². The zero-order valence-electron chi connectivity index (χ0n) is 18.4. The molecule has 2 fully saturated rings. The summed E-state index contributed by atoms with van der Waals surface area (Å²) in [5, 5.41) is 0. The largest absolute Gasteiger partial charge is 0.444 e. The van der Waals surface area contributed by atoms with Crippen LogP contribution in [0, 0.1) is 11.3 Å². The minimum atomic E-state index is -0.425. The molecule has 1 amide bonds. The van der Waals surface area contributed by atoms with E-state index in [9.17, 15) is 4.79 Å². The van der Waals surface area contributed by atoms with E-state index in [1.54, 1.807) is 0 Å². The van der Waals surface area contributed by atoms with Crippen molar-refractivity contribution in [3.63, 3.8) is 0 Å². The highest BCUT2D eigenvalue weighted by atomic mass is 16.6. The summed E-state index contributed by atoms with van der Waals surface area (Å²) < 4.78 is 5.53. The summed E-state index contributed by atoms with van der Waals surface area (Å²) in [6, 6.07) is 11.1. The average Bonchev–Trinajstić information content (AvgIpc) is 2.63. The van der Waals surface area contributed by atoms with Crippen molar-refractivity contribution in [2.24, 2.45) is 11.3 Å². The Labute approximate surface area is 171 Å². The molecule has 4 heteroatoms. The zero-order valence-corrected chi connectivity index (χ0v) is 18.4. The number of amides is 1. The topological polar surface area (TPSA) is 32.8 Å². The monoisotopic (exact) mass is 386 g/mol. The fourth-order valence-corrected chi connectivity index (χ4v) is 4.72. The third-order valence-electron chi connectivity index (χ3n) is 6.28. The fraction of sp³-hybridized carbons (Fsp3) is 0.708. The summed E-state index contributed by atoms with van der Waals surface area (Å²) in [5.74, 6) is 1.33. The van der Waals surface area contributed by atoms with Crippen LogP contribution in [0.2, 0.25) is 0 Å². The molecule has 156 valence electrons. The molecule has 0 N–H and O–H groups in total. The Kier molecular flexibility index (Phi) is 6.38. The smallest absolute Gasteiger partial charge is 0.410 e. The van der Waals surface area contributed by atoms with E-state index < -0.39 is 5.60 Å². The number of carbonyl (C=O) groups is 1. The first kappa shape index (κ1) is 21.2. The van der Waals surface area contributed by atoms with Crippen LogP contribution in [0.3, 0.4) is 0 Å². The average molecular weight is 387 g/mol. The van der Waals surface area contributed by atoms with Gasteiger partial charge in [0.15, 0.2) is 0 Å². The number of ether oxygens (including phenoxy) is 1. The van der Waals surface area contributed by atoms with Crippen LogP contribution in [-0.2, 0) is 4.74 Å². The van der Waals surface area contributed by atoms with E-state index in [0.29, 0.717) is 17.3 Å². The van der Waals surface area contributed by atoms with Gasteiger partial charge in [0.1, 0.15) is 5.60 Å². The number of benzene rings is 1. The second kappa shape index (κ2) is 8.44. The van der Waals surface area contributed by atoms with Crippen LogP contribution >= 0.6 is 0 Å². The van der Waals surface area contributed by atoms with E-state index in [4.69, 9.17) is 4.74 Å². The Balaban J connectivity index is 1.58. The molecule has 0 aromatic heterocycles. The van der Waals surface area contributed by atoms with Gasteiger partial charge in [0.25, 0.3) is 0 Å². The fourth-order valence-electron chi connectivity index (χ4n) is 4.72. The third-order valence-corrected chi connectivity index (χ3v) is 6.28. The number of hydrogen-bond donors (Lipinski definition) is 0. The van der Waals surface area contributed by atoms with Crippen molar-refractivity contribution in [2.45, 2.75) is 65.4 Å². The molecule has 0 spiro atoms. The van der Waals surface area contributed by atoms with Gasteiger partial charge >= 0.3 is 6.09 Å². The summed E-state index contributed by atoms with van der Waals surface area (Å²) in [6.07, 6.45) is 3.69. The predicted molar refractivity (Wildman–Crippen MR) is 115 cm³/mol. The van der Waals surface area contributed by atoms with Gasteiger partial charge in [0, 0.05) is 32.7 Å². The number of hydrogen-bond acceptors (Lipinski definition) is 3. The van der Waals surface area contributed by atoms with Crippen LogP contribution in [0.1, 0.15) is 65.4 Å². The first-order valence-electron chi connectivity index (χ1n) is 10.9. The lowest BCUT2D eigenvalue weighted by Gasteiger charge is -2.44. The molecule has 1 aliphatic carbocycles. The third kappa shape index (κ3) is 5.73. The number of piperazine rings is 1. The number of rotatable bonds is 3. The Hall–Kier alpha value is -1.55. The summed E-state index contributed by atoms with van der Waals surface area (Å²) in [4.78, 5) is 16.7. The minimum Gasteiger partial charge on any atom is -0.444 e. The highest BCUT2D eigenvalue weighted by Crippen LogP contribution is 2.47. The molecule has 1 aromatic carbocycles. The van der Waals surface area contributed by atoms with E-state index in [1.165, 1.54) is 24.8 Å². The quantitative estimate of drug-likeness (QED) is 0.720. The van der Waals surface area contributed by atoms with Gasteiger partial charge in [0.2, 0.25) is 0 Å². The Morgan fingerprint density at radius 2 is 1.75 bits per heavy atom. The van der Waals surface area contributed by atoms with Gasteiger partial charge in [-0.3, -0.25) is 4.90 Å². The van der Waals surface area contributed by atoms with Crippen LogP contribution in [0.4, 0.5) is 4.79 Å². The van der Waals surface area contributed by atoms with E-state index in [0.717, 1.165) is 32.7 Å². The molecule has 3 rings (SSSR count). The Morgan fingerprint density at radius 3 is 2.36 bits per heavy atom. The van der Waals surface area contributed by atoms with E-state index in [1.807, 2.05) is 25.7 Å². The van der Waals surface area contributed by atoms with Crippen molar-refractivity contribution >= 4 is 6.09 Å².